The van der Waals surface area contributed by atoms with Gasteiger partial charge in [-0.3, -0.25) is 0 Å². The number of benzene rings is 2. The van der Waals surface area contributed by atoms with Gasteiger partial charge in [0.15, 0.2) is 0 Å². The van der Waals surface area contributed by atoms with Gasteiger partial charge in [0.05, 0.1) is 0 Å². The fraction of sp³-hybridized carbons (Fsp3) is 0.353. The van der Waals surface area contributed by atoms with E-state index in [-0.39, 0.29) is 36.5 Å². The van der Waals surface area contributed by atoms with Crippen LogP contribution in [0.5, 0.6) is 0 Å². The summed E-state index contributed by atoms with van der Waals surface area (Å²) in [5.41, 5.74) is 9.11. The van der Waals surface area contributed by atoms with Crippen molar-refractivity contribution in [2.24, 2.45) is 5.41 Å². The van der Waals surface area contributed by atoms with Crippen LogP contribution >= 0.6 is 0 Å². The standard InChI is InChI=1S/C34H38N2O4/c1-6-25-21(2)28(32(37)39-19-23-13-9-7-10-14-23)35-30(25)27-18-34(4,5)17-26-22(3)29(36-31(26)27)33(38)40-20-24-15-11-8-12-16-24/h7-16,27,35-36H,6,17-20H2,1-5H3. The van der Waals surface area contributed by atoms with Gasteiger partial charge < -0.3 is 19.4 Å². The highest BCUT2D eigenvalue weighted by Crippen LogP contribution is 2.47. The number of nitrogens with one attached hydrogen (secondary N) is 2. The summed E-state index contributed by atoms with van der Waals surface area (Å²) in [6.07, 6.45) is 2.52. The molecule has 1 aliphatic carbocycles. The summed E-state index contributed by atoms with van der Waals surface area (Å²) in [5, 5.41) is 0. The van der Waals surface area contributed by atoms with Crippen LogP contribution in [0.1, 0.15) is 98.9 Å². The van der Waals surface area contributed by atoms with E-state index in [1.807, 2.05) is 74.5 Å². The Morgan fingerprint density at radius 3 is 1.82 bits per heavy atom. The topological polar surface area (TPSA) is 84.2 Å². The fourth-order valence-electron chi connectivity index (χ4n) is 6.04. The van der Waals surface area contributed by atoms with Gasteiger partial charge in [-0.25, -0.2) is 9.59 Å². The number of ether oxygens (including phenoxy) is 2. The van der Waals surface area contributed by atoms with E-state index in [1.165, 1.54) is 0 Å². The third-order valence-corrected chi connectivity index (χ3v) is 8.12. The molecule has 40 heavy (non-hydrogen) atoms. The number of H-pyrrole nitrogens is 2. The van der Waals surface area contributed by atoms with E-state index in [4.69, 9.17) is 9.47 Å². The summed E-state index contributed by atoms with van der Waals surface area (Å²) in [6, 6.07) is 19.4. The van der Waals surface area contributed by atoms with Crippen LogP contribution in [-0.4, -0.2) is 21.9 Å². The summed E-state index contributed by atoms with van der Waals surface area (Å²) >= 11 is 0. The molecule has 0 bridgehead atoms. The number of rotatable bonds is 8. The Morgan fingerprint density at radius 2 is 1.30 bits per heavy atom. The van der Waals surface area contributed by atoms with Crippen molar-refractivity contribution in [2.45, 2.75) is 73.0 Å². The first kappa shape index (κ1) is 27.5. The van der Waals surface area contributed by atoms with E-state index in [9.17, 15) is 9.59 Å². The van der Waals surface area contributed by atoms with E-state index in [1.54, 1.807) is 0 Å². The van der Waals surface area contributed by atoms with E-state index >= 15 is 0 Å². The van der Waals surface area contributed by atoms with E-state index < -0.39 is 0 Å². The largest absolute Gasteiger partial charge is 0.456 e. The molecule has 2 aromatic heterocycles. The number of carbonyl (C=O) groups excluding carboxylic acids is 2. The van der Waals surface area contributed by atoms with E-state index in [0.717, 1.165) is 64.0 Å². The molecule has 0 saturated carbocycles. The predicted octanol–water partition coefficient (Wildman–Crippen LogP) is 7.34. The number of aromatic nitrogens is 2. The van der Waals surface area contributed by atoms with Crippen LogP contribution in [0.25, 0.3) is 0 Å². The van der Waals surface area contributed by atoms with E-state index in [2.05, 4.69) is 30.7 Å². The zero-order chi connectivity index (χ0) is 28.4. The van der Waals surface area contributed by atoms with Gasteiger partial charge in [-0.05, 0) is 71.9 Å². The minimum Gasteiger partial charge on any atom is -0.456 e. The predicted molar refractivity (Wildman–Crippen MR) is 156 cm³/mol. The molecule has 5 rings (SSSR count). The third kappa shape index (κ3) is 5.48. The summed E-state index contributed by atoms with van der Waals surface area (Å²) in [5.74, 6) is -0.723. The maximum atomic E-state index is 13.2. The molecule has 1 unspecified atom stereocenters. The van der Waals surface area contributed by atoms with Crippen molar-refractivity contribution < 1.29 is 19.1 Å². The van der Waals surface area contributed by atoms with Crippen molar-refractivity contribution in [1.82, 2.24) is 9.97 Å². The Bertz CT molecular complexity index is 1510. The number of hydrogen-bond donors (Lipinski definition) is 2. The lowest BCUT2D eigenvalue weighted by Gasteiger charge is -2.36. The summed E-state index contributed by atoms with van der Waals surface area (Å²) in [4.78, 5) is 33.3. The number of esters is 2. The van der Waals surface area contributed by atoms with Crippen LogP contribution in [0.4, 0.5) is 0 Å². The number of hydrogen-bond acceptors (Lipinski definition) is 4. The van der Waals surface area contributed by atoms with Gasteiger partial charge in [0.25, 0.3) is 0 Å². The van der Waals surface area contributed by atoms with Crippen molar-refractivity contribution in [3.05, 3.63) is 117 Å². The molecule has 0 saturated heterocycles. The average molecular weight is 539 g/mol. The molecule has 208 valence electrons. The minimum absolute atomic E-state index is 0.00778. The van der Waals surface area contributed by atoms with Crippen LogP contribution in [0.2, 0.25) is 0 Å². The third-order valence-electron chi connectivity index (χ3n) is 8.12. The molecule has 0 amide bonds. The quantitative estimate of drug-likeness (QED) is 0.230. The van der Waals surface area contributed by atoms with Gasteiger partial charge in [-0.15, -0.1) is 0 Å². The van der Waals surface area contributed by atoms with Crippen LogP contribution < -0.4 is 0 Å². The molecule has 1 atom stereocenters. The molecule has 1 aliphatic rings. The highest BCUT2D eigenvalue weighted by molar-refractivity contribution is 5.91. The Kier molecular flexibility index (Phi) is 7.70. The zero-order valence-corrected chi connectivity index (χ0v) is 24.0. The summed E-state index contributed by atoms with van der Waals surface area (Å²) < 4.78 is 11.4. The number of carbonyl (C=O) groups is 2. The van der Waals surface area contributed by atoms with Crippen LogP contribution in [-0.2, 0) is 35.5 Å². The maximum absolute atomic E-state index is 13.2. The van der Waals surface area contributed by atoms with Gasteiger partial charge in [0, 0.05) is 17.3 Å². The maximum Gasteiger partial charge on any atom is 0.355 e. The minimum atomic E-state index is -0.356. The van der Waals surface area contributed by atoms with Gasteiger partial charge >= 0.3 is 11.9 Å². The lowest BCUT2D eigenvalue weighted by Crippen LogP contribution is -2.27. The van der Waals surface area contributed by atoms with Crippen molar-refractivity contribution >= 4 is 11.9 Å². The highest BCUT2D eigenvalue weighted by Gasteiger charge is 2.39. The molecule has 4 aromatic rings. The molecule has 6 heteroatoms. The second-order valence-electron chi connectivity index (χ2n) is 11.6. The molecular formula is C34H38N2O4. The molecule has 0 spiro atoms. The number of fused-ring (bicyclic) bond motifs is 1. The van der Waals surface area contributed by atoms with Gasteiger partial charge in [-0.1, -0.05) is 81.4 Å². The SMILES string of the molecule is CCc1c(C2CC(C)(C)Cc3c2[nH]c(C(=O)OCc2ccccc2)c3C)[nH]c(C(=O)OCc2ccccc2)c1C. The van der Waals surface area contributed by atoms with Gasteiger partial charge in [0.1, 0.15) is 24.6 Å². The smallest absolute Gasteiger partial charge is 0.355 e. The zero-order valence-electron chi connectivity index (χ0n) is 24.0. The first-order chi connectivity index (χ1) is 19.2. The normalized spacial score (nSPS) is 15.9. The molecule has 0 fully saturated rings. The first-order valence-electron chi connectivity index (χ1n) is 14.0. The molecule has 2 heterocycles. The Balaban J connectivity index is 1.45. The summed E-state index contributed by atoms with van der Waals surface area (Å²) in [6.45, 7) is 11.1. The van der Waals surface area contributed by atoms with Crippen LogP contribution in [0, 0.1) is 19.3 Å². The lowest BCUT2D eigenvalue weighted by molar-refractivity contribution is 0.0457. The van der Waals surface area contributed by atoms with Gasteiger partial charge in [-0.2, -0.15) is 0 Å². The molecule has 6 nitrogen and oxygen atoms in total. The highest BCUT2D eigenvalue weighted by atomic mass is 16.5. The molecule has 2 N–H and O–H groups in total. The monoisotopic (exact) mass is 538 g/mol. The van der Waals surface area contributed by atoms with Crippen molar-refractivity contribution in [2.75, 3.05) is 0 Å². The Morgan fingerprint density at radius 1 is 0.800 bits per heavy atom. The number of aromatic amines is 2. The molecular weight excluding hydrogens is 500 g/mol. The summed E-state index contributed by atoms with van der Waals surface area (Å²) in [7, 11) is 0. The Labute approximate surface area is 236 Å². The Hall–Kier alpha value is -4.06. The van der Waals surface area contributed by atoms with Gasteiger partial charge in [0.2, 0.25) is 0 Å². The second-order valence-corrected chi connectivity index (χ2v) is 11.6. The molecule has 0 aliphatic heterocycles. The fourth-order valence-corrected chi connectivity index (χ4v) is 6.04. The van der Waals surface area contributed by atoms with Crippen LogP contribution in [0.15, 0.2) is 60.7 Å². The van der Waals surface area contributed by atoms with E-state index in [0.29, 0.717) is 11.4 Å². The molecule has 0 radical (unpaired) electrons. The lowest BCUT2D eigenvalue weighted by atomic mass is 9.69. The molecule has 2 aromatic carbocycles. The van der Waals surface area contributed by atoms with Crippen LogP contribution in [0.3, 0.4) is 0 Å². The average Bonchev–Trinajstić information content (AvgIpc) is 3.46. The first-order valence-corrected chi connectivity index (χ1v) is 14.0. The second kappa shape index (κ2) is 11.2. The van der Waals surface area contributed by atoms with Crippen molar-refractivity contribution in [1.29, 1.82) is 0 Å². The van der Waals surface area contributed by atoms with Crippen molar-refractivity contribution in [3.8, 4) is 0 Å². The van der Waals surface area contributed by atoms with Crippen molar-refractivity contribution in [3.63, 3.8) is 0 Å².